The predicted molar refractivity (Wildman–Crippen MR) is 117 cm³/mol. The fourth-order valence-electron chi connectivity index (χ4n) is 4.40. The van der Waals surface area contributed by atoms with Crippen LogP contribution in [0.5, 0.6) is 5.75 Å². The summed E-state index contributed by atoms with van der Waals surface area (Å²) in [4.78, 5) is 12.9. The first kappa shape index (κ1) is 21.4. The largest absolute Gasteiger partial charge is 0.494 e. The normalized spacial score (nSPS) is 21.5. The van der Waals surface area contributed by atoms with Crippen molar-refractivity contribution >= 4 is 5.97 Å². The Kier molecular flexibility index (Phi) is 7.74. The summed E-state index contributed by atoms with van der Waals surface area (Å²) in [5.74, 6) is 1.37. The quantitative estimate of drug-likeness (QED) is 0.342. The molecule has 156 valence electrons. The lowest BCUT2D eigenvalue weighted by molar-refractivity contribution is -0.0499. The summed E-state index contributed by atoms with van der Waals surface area (Å²) in [6, 6.07) is 17.4. The van der Waals surface area contributed by atoms with E-state index < -0.39 is 5.60 Å². The zero-order chi connectivity index (χ0) is 20.5. The molecule has 1 fully saturated rings. The van der Waals surface area contributed by atoms with Crippen molar-refractivity contribution < 1.29 is 14.3 Å². The second-order valence-electron chi connectivity index (χ2n) is 8.15. The van der Waals surface area contributed by atoms with Crippen LogP contribution in [-0.4, -0.2) is 12.6 Å². The number of ether oxygens (including phenoxy) is 2. The molecular weight excluding hydrogens is 360 g/mol. The number of carbonyl (C=O) groups excluding carboxylic acids is 1. The average molecular weight is 395 g/mol. The van der Waals surface area contributed by atoms with Crippen molar-refractivity contribution in [3.05, 3.63) is 65.7 Å². The van der Waals surface area contributed by atoms with Crippen LogP contribution >= 0.6 is 0 Å². The van der Waals surface area contributed by atoms with E-state index in [1.165, 1.54) is 25.7 Å². The van der Waals surface area contributed by atoms with Crippen molar-refractivity contribution in [2.45, 2.75) is 70.8 Å². The predicted octanol–water partition coefficient (Wildman–Crippen LogP) is 6.91. The van der Waals surface area contributed by atoms with E-state index in [1.54, 1.807) is 0 Å². The van der Waals surface area contributed by atoms with E-state index in [4.69, 9.17) is 9.47 Å². The molecule has 2 aromatic carbocycles. The molecule has 0 aliphatic heterocycles. The molecule has 0 heterocycles. The maximum atomic E-state index is 12.9. The van der Waals surface area contributed by atoms with Gasteiger partial charge in [-0.25, -0.2) is 4.79 Å². The van der Waals surface area contributed by atoms with Crippen molar-refractivity contribution in [3.63, 3.8) is 0 Å². The van der Waals surface area contributed by atoms with Gasteiger partial charge in [0.25, 0.3) is 0 Å². The number of rotatable bonds is 9. The van der Waals surface area contributed by atoms with Gasteiger partial charge < -0.3 is 9.47 Å². The van der Waals surface area contributed by atoms with Crippen LogP contribution in [0.3, 0.4) is 0 Å². The average Bonchev–Trinajstić information content (AvgIpc) is 2.76. The molecule has 1 aliphatic rings. The Morgan fingerprint density at radius 1 is 0.966 bits per heavy atom. The summed E-state index contributed by atoms with van der Waals surface area (Å²) < 4.78 is 11.8. The lowest BCUT2D eigenvalue weighted by atomic mass is 9.73. The van der Waals surface area contributed by atoms with Gasteiger partial charge in [0.15, 0.2) is 0 Å². The standard InChI is InChI=1S/C26H34O3/c1-3-5-7-10-21-17-19-26(20-18-21,23-13-15-24(16-14-23)28-4-2)29-25(27)22-11-8-6-9-12-22/h6,8-9,11-16,21H,3-5,7,10,17-20H2,1-2H3/t21-,26-. The summed E-state index contributed by atoms with van der Waals surface area (Å²) in [5, 5.41) is 0. The molecule has 0 atom stereocenters. The minimum Gasteiger partial charge on any atom is -0.494 e. The molecule has 0 spiro atoms. The van der Waals surface area contributed by atoms with Crippen molar-refractivity contribution in [2.24, 2.45) is 5.92 Å². The van der Waals surface area contributed by atoms with E-state index in [2.05, 4.69) is 19.1 Å². The maximum Gasteiger partial charge on any atom is 0.339 e. The Hall–Kier alpha value is -2.29. The van der Waals surface area contributed by atoms with Crippen molar-refractivity contribution in [3.8, 4) is 5.75 Å². The first-order chi connectivity index (χ1) is 14.2. The molecule has 2 aromatic rings. The van der Waals surface area contributed by atoms with Crippen LogP contribution in [0.4, 0.5) is 0 Å². The molecule has 3 nitrogen and oxygen atoms in total. The monoisotopic (exact) mass is 394 g/mol. The van der Waals surface area contributed by atoms with Crippen molar-refractivity contribution in [1.82, 2.24) is 0 Å². The highest BCUT2D eigenvalue weighted by Crippen LogP contribution is 2.44. The van der Waals surface area contributed by atoms with Crippen LogP contribution in [0.15, 0.2) is 54.6 Å². The Morgan fingerprint density at radius 3 is 2.28 bits per heavy atom. The van der Waals surface area contributed by atoms with Gasteiger partial charge in [0.05, 0.1) is 12.2 Å². The molecule has 0 amide bonds. The number of hydrogen-bond donors (Lipinski definition) is 0. The van der Waals surface area contributed by atoms with E-state index >= 15 is 0 Å². The minimum atomic E-state index is -0.543. The highest BCUT2D eigenvalue weighted by molar-refractivity contribution is 5.89. The number of benzene rings is 2. The summed E-state index contributed by atoms with van der Waals surface area (Å²) >= 11 is 0. The fourth-order valence-corrected chi connectivity index (χ4v) is 4.40. The van der Waals surface area contributed by atoms with Crippen LogP contribution in [0.25, 0.3) is 0 Å². The van der Waals surface area contributed by atoms with Crippen molar-refractivity contribution in [2.75, 3.05) is 6.61 Å². The third-order valence-electron chi connectivity index (χ3n) is 6.12. The van der Waals surface area contributed by atoms with E-state index in [0.717, 1.165) is 42.9 Å². The summed E-state index contributed by atoms with van der Waals surface area (Å²) in [7, 11) is 0. The Labute approximate surface area is 175 Å². The van der Waals surface area contributed by atoms with E-state index in [-0.39, 0.29) is 5.97 Å². The number of hydrogen-bond acceptors (Lipinski definition) is 3. The summed E-state index contributed by atoms with van der Waals surface area (Å²) in [5.41, 5.74) is 1.15. The topological polar surface area (TPSA) is 35.5 Å². The molecule has 0 bridgehead atoms. The number of carbonyl (C=O) groups is 1. The van der Waals surface area contributed by atoms with Gasteiger partial charge in [-0.15, -0.1) is 0 Å². The zero-order valence-corrected chi connectivity index (χ0v) is 17.9. The van der Waals surface area contributed by atoms with E-state index in [9.17, 15) is 4.79 Å². The van der Waals surface area contributed by atoms with Gasteiger partial charge in [0.2, 0.25) is 0 Å². The van der Waals surface area contributed by atoms with Gasteiger partial charge in [0, 0.05) is 0 Å². The molecule has 0 unspecified atom stereocenters. The second-order valence-corrected chi connectivity index (χ2v) is 8.15. The van der Waals surface area contributed by atoms with Crippen LogP contribution < -0.4 is 4.74 Å². The van der Waals surface area contributed by atoms with Gasteiger partial charge in [-0.3, -0.25) is 0 Å². The summed E-state index contributed by atoms with van der Waals surface area (Å²) in [6.07, 6.45) is 9.16. The molecule has 0 saturated heterocycles. The third kappa shape index (κ3) is 5.62. The summed E-state index contributed by atoms with van der Waals surface area (Å²) in [6.45, 7) is 4.88. The molecule has 1 saturated carbocycles. The van der Waals surface area contributed by atoms with Gasteiger partial charge in [0.1, 0.15) is 11.4 Å². The van der Waals surface area contributed by atoms with E-state index in [0.29, 0.717) is 12.2 Å². The van der Waals surface area contributed by atoms with Gasteiger partial charge in [-0.2, -0.15) is 0 Å². The molecule has 0 radical (unpaired) electrons. The maximum absolute atomic E-state index is 12.9. The van der Waals surface area contributed by atoms with E-state index in [1.807, 2.05) is 49.4 Å². The van der Waals surface area contributed by atoms with Crippen molar-refractivity contribution in [1.29, 1.82) is 0 Å². The molecule has 3 rings (SSSR count). The molecule has 3 heteroatoms. The van der Waals surface area contributed by atoms with Gasteiger partial charge in [-0.1, -0.05) is 62.9 Å². The highest BCUT2D eigenvalue weighted by atomic mass is 16.6. The fraction of sp³-hybridized carbons (Fsp3) is 0.500. The molecule has 0 aromatic heterocycles. The number of unbranched alkanes of at least 4 members (excludes halogenated alkanes) is 2. The molecule has 29 heavy (non-hydrogen) atoms. The Morgan fingerprint density at radius 2 is 1.66 bits per heavy atom. The minimum absolute atomic E-state index is 0.232. The number of esters is 1. The second kappa shape index (κ2) is 10.5. The van der Waals surface area contributed by atoms with Crippen LogP contribution in [0.1, 0.15) is 81.1 Å². The highest BCUT2D eigenvalue weighted by Gasteiger charge is 2.40. The Balaban J connectivity index is 1.77. The third-order valence-corrected chi connectivity index (χ3v) is 6.12. The van der Waals surface area contributed by atoms with Gasteiger partial charge in [-0.05, 0) is 68.4 Å². The van der Waals surface area contributed by atoms with Crippen LogP contribution in [-0.2, 0) is 10.3 Å². The SMILES string of the molecule is CCCCC[C@H]1CC[C@@](OC(=O)c2ccccc2)(c2ccc(OCC)cc2)CC1. The smallest absolute Gasteiger partial charge is 0.339 e. The zero-order valence-electron chi connectivity index (χ0n) is 17.9. The van der Waals surface area contributed by atoms with Crippen LogP contribution in [0.2, 0.25) is 0 Å². The lowest BCUT2D eigenvalue weighted by Gasteiger charge is -2.40. The molecule has 1 aliphatic carbocycles. The first-order valence-corrected chi connectivity index (χ1v) is 11.2. The molecular formula is C26H34O3. The Bertz CT molecular complexity index is 743. The van der Waals surface area contributed by atoms with Gasteiger partial charge >= 0.3 is 5.97 Å². The van der Waals surface area contributed by atoms with Crippen LogP contribution in [0, 0.1) is 5.92 Å². The lowest BCUT2D eigenvalue weighted by Crippen LogP contribution is -2.37. The first-order valence-electron chi connectivity index (χ1n) is 11.2. The molecule has 0 N–H and O–H groups in total.